The fourth-order valence-corrected chi connectivity index (χ4v) is 4.71. The molecule has 1 aromatic rings. The Morgan fingerprint density at radius 3 is 2.85 bits per heavy atom. The van der Waals surface area contributed by atoms with Gasteiger partial charge in [0.2, 0.25) is 0 Å². The van der Waals surface area contributed by atoms with Crippen LogP contribution in [0.5, 0.6) is 0 Å². The Bertz CT molecular complexity index is 384. The van der Waals surface area contributed by atoms with Crippen molar-refractivity contribution in [2.75, 3.05) is 26.7 Å². The zero-order chi connectivity index (χ0) is 13.8. The number of likely N-dealkylation sites (tertiary alicyclic amines) is 1. The molecule has 1 saturated heterocycles. The van der Waals surface area contributed by atoms with Crippen molar-refractivity contribution in [3.8, 4) is 0 Å². The van der Waals surface area contributed by atoms with Gasteiger partial charge in [0.25, 0.3) is 0 Å². The maximum absolute atomic E-state index is 3.86. The predicted molar refractivity (Wildman–Crippen MR) is 87.4 cm³/mol. The molecule has 2 nitrogen and oxygen atoms in total. The van der Waals surface area contributed by atoms with Gasteiger partial charge in [-0.2, -0.15) is 11.3 Å². The average molecular weight is 292 g/mol. The van der Waals surface area contributed by atoms with Gasteiger partial charge in [0.05, 0.1) is 0 Å². The van der Waals surface area contributed by atoms with Crippen molar-refractivity contribution in [2.24, 2.45) is 11.8 Å². The van der Waals surface area contributed by atoms with Crippen molar-refractivity contribution in [1.82, 2.24) is 10.2 Å². The number of hydrogen-bond acceptors (Lipinski definition) is 3. The van der Waals surface area contributed by atoms with Crippen LogP contribution in [-0.4, -0.2) is 37.6 Å². The second-order valence-electron chi connectivity index (χ2n) is 6.91. The molecule has 3 rings (SSSR count). The van der Waals surface area contributed by atoms with Gasteiger partial charge < -0.3 is 10.2 Å². The van der Waals surface area contributed by atoms with E-state index in [1.54, 1.807) is 0 Å². The molecule has 2 atom stereocenters. The molecule has 0 spiro atoms. The van der Waals surface area contributed by atoms with Gasteiger partial charge in [0, 0.05) is 19.1 Å². The summed E-state index contributed by atoms with van der Waals surface area (Å²) in [6.45, 7) is 3.74. The lowest BCUT2D eigenvalue weighted by molar-refractivity contribution is 0.165. The van der Waals surface area contributed by atoms with E-state index >= 15 is 0 Å². The molecular formula is C17H28N2S. The van der Waals surface area contributed by atoms with Gasteiger partial charge in [0.1, 0.15) is 0 Å². The molecule has 2 unspecified atom stereocenters. The summed E-state index contributed by atoms with van der Waals surface area (Å²) in [6.07, 6.45) is 8.43. The van der Waals surface area contributed by atoms with E-state index in [9.17, 15) is 0 Å². The molecule has 0 aromatic carbocycles. The van der Waals surface area contributed by atoms with Gasteiger partial charge in [-0.05, 0) is 73.5 Å². The molecule has 3 heteroatoms. The Kier molecular flexibility index (Phi) is 5.14. The monoisotopic (exact) mass is 292 g/mol. The summed E-state index contributed by atoms with van der Waals surface area (Å²) in [5, 5.41) is 8.39. The molecular weight excluding hydrogens is 264 g/mol. The molecule has 1 saturated carbocycles. The summed E-state index contributed by atoms with van der Waals surface area (Å²) < 4.78 is 0. The molecule has 1 N–H and O–H groups in total. The molecule has 0 amide bonds. The Morgan fingerprint density at radius 1 is 1.25 bits per heavy atom. The second kappa shape index (κ2) is 7.06. The van der Waals surface area contributed by atoms with Crippen molar-refractivity contribution in [2.45, 2.75) is 44.6 Å². The van der Waals surface area contributed by atoms with Crippen LogP contribution < -0.4 is 5.32 Å². The van der Waals surface area contributed by atoms with E-state index in [1.165, 1.54) is 63.7 Å². The van der Waals surface area contributed by atoms with Crippen molar-refractivity contribution in [3.05, 3.63) is 22.4 Å². The maximum atomic E-state index is 3.86. The Hall–Kier alpha value is -0.380. The third kappa shape index (κ3) is 4.06. The van der Waals surface area contributed by atoms with Crippen molar-refractivity contribution in [1.29, 1.82) is 0 Å². The SMILES string of the molecule is CN1CC(Cc2ccsc2)CC(NCC2CCCC2)C1. The molecule has 2 aliphatic rings. The van der Waals surface area contributed by atoms with Crippen molar-refractivity contribution >= 4 is 11.3 Å². The lowest BCUT2D eigenvalue weighted by atomic mass is 9.89. The van der Waals surface area contributed by atoms with Crippen LogP contribution in [0.15, 0.2) is 16.8 Å². The van der Waals surface area contributed by atoms with E-state index in [1.807, 2.05) is 11.3 Å². The predicted octanol–water partition coefficient (Wildman–Crippen LogP) is 3.39. The highest BCUT2D eigenvalue weighted by molar-refractivity contribution is 7.07. The summed E-state index contributed by atoms with van der Waals surface area (Å²) in [5.41, 5.74) is 1.53. The van der Waals surface area contributed by atoms with E-state index in [2.05, 4.69) is 34.1 Å². The van der Waals surface area contributed by atoms with Crippen LogP contribution >= 0.6 is 11.3 Å². The number of thiophene rings is 1. The minimum absolute atomic E-state index is 0.706. The van der Waals surface area contributed by atoms with Crippen molar-refractivity contribution in [3.63, 3.8) is 0 Å². The molecule has 20 heavy (non-hydrogen) atoms. The summed E-state index contributed by atoms with van der Waals surface area (Å²) in [7, 11) is 2.28. The first-order valence-electron chi connectivity index (χ1n) is 8.22. The summed E-state index contributed by atoms with van der Waals surface area (Å²) >= 11 is 1.83. The third-order valence-electron chi connectivity index (χ3n) is 4.99. The molecule has 112 valence electrons. The largest absolute Gasteiger partial charge is 0.312 e. The van der Waals surface area contributed by atoms with Crippen LogP contribution in [0.4, 0.5) is 0 Å². The lowest BCUT2D eigenvalue weighted by Gasteiger charge is -2.36. The highest BCUT2D eigenvalue weighted by Crippen LogP contribution is 2.25. The van der Waals surface area contributed by atoms with E-state index < -0.39 is 0 Å². The zero-order valence-corrected chi connectivity index (χ0v) is 13.5. The topological polar surface area (TPSA) is 15.3 Å². The minimum atomic E-state index is 0.706. The Balaban J connectivity index is 1.47. The lowest BCUT2D eigenvalue weighted by Crippen LogP contribution is -2.49. The number of hydrogen-bond donors (Lipinski definition) is 1. The number of piperidine rings is 1. The molecule has 2 fully saturated rings. The van der Waals surface area contributed by atoms with Crippen LogP contribution in [0.25, 0.3) is 0 Å². The van der Waals surface area contributed by atoms with E-state index in [4.69, 9.17) is 0 Å². The third-order valence-corrected chi connectivity index (χ3v) is 5.73. The number of nitrogens with one attached hydrogen (secondary N) is 1. The van der Waals surface area contributed by atoms with Crippen LogP contribution in [0, 0.1) is 11.8 Å². The van der Waals surface area contributed by atoms with Gasteiger partial charge in [-0.3, -0.25) is 0 Å². The van der Waals surface area contributed by atoms with Gasteiger partial charge in [-0.1, -0.05) is 12.8 Å². The van der Waals surface area contributed by atoms with Gasteiger partial charge in [-0.25, -0.2) is 0 Å². The fourth-order valence-electron chi connectivity index (χ4n) is 4.03. The zero-order valence-electron chi connectivity index (χ0n) is 12.7. The molecule has 2 heterocycles. The van der Waals surface area contributed by atoms with E-state index in [0.29, 0.717) is 6.04 Å². The van der Waals surface area contributed by atoms with Crippen LogP contribution in [0.3, 0.4) is 0 Å². The minimum Gasteiger partial charge on any atom is -0.312 e. The molecule has 1 aliphatic carbocycles. The number of likely N-dealkylation sites (N-methyl/N-ethyl adjacent to an activating group) is 1. The van der Waals surface area contributed by atoms with Crippen LogP contribution in [0.2, 0.25) is 0 Å². The first-order valence-corrected chi connectivity index (χ1v) is 9.17. The molecule has 1 aromatic heterocycles. The van der Waals surface area contributed by atoms with E-state index in [0.717, 1.165) is 11.8 Å². The maximum Gasteiger partial charge on any atom is 0.0198 e. The van der Waals surface area contributed by atoms with Gasteiger partial charge in [0.15, 0.2) is 0 Å². The average Bonchev–Trinajstić information content (AvgIpc) is 3.08. The Labute approximate surface area is 127 Å². The quantitative estimate of drug-likeness (QED) is 0.895. The first-order chi connectivity index (χ1) is 9.79. The highest BCUT2D eigenvalue weighted by atomic mass is 32.1. The smallest absolute Gasteiger partial charge is 0.0198 e. The summed E-state index contributed by atoms with van der Waals surface area (Å²) in [6, 6.07) is 3.00. The second-order valence-corrected chi connectivity index (χ2v) is 7.69. The standard InChI is InChI=1S/C17H28N2S/c1-19-11-16(8-15-6-7-20-13-15)9-17(12-19)18-10-14-4-2-3-5-14/h6-7,13-14,16-18H,2-5,8-12H2,1H3. The molecule has 1 aliphatic heterocycles. The van der Waals surface area contributed by atoms with Crippen LogP contribution in [-0.2, 0) is 6.42 Å². The molecule has 0 bridgehead atoms. The normalized spacial score (nSPS) is 29.1. The summed E-state index contributed by atoms with van der Waals surface area (Å²) in [5.74, 6) is 1.78. The first kappa shape index (κ1) is 14.6. The number of rotatable bonds is 5. The highest BCUT2D eigenvalue weighted by Gasteiger charge is 2.26. The van der Waals surface area contributed by atoms with Crippen molar-refractivity contribution < 1.29 is 0 Å². The van der Waals surface area contributed by atoms with E-state index in [-0.39, 0.29) is 0 Å². The number of nitrogens with zero attached hydrogens (tertiary/aromatic N) is 1. The van der Waals surface area contributed by atoms with Gasteiger partial charge >= 0.3 is 0 Å². The summed E-state index contributed by atoms with van der Waals surface area (Å²) in [4.78, 5) is 2.52. The fraction of sp³-hybridized carbons (Fsp3) is 0.765. The Morgan fingerprint density at radius 2 is 2.10 bits per heavy atom. The van der Waals surface area contributed by atoms with Crippen LogP contribution in [0.1, 0.15) is 37.7 Å². The molecule has 0 radical (unpaired) electrons. The van der Waals surface area contributed by atoms with Gasteiger partial charge in [-0.15, -0.1) is 0 Å².